The normalized spacial score (nSPS) is 12.6. The van der Waals surface area contributed by atoms with Crippen LogP contribution in [0.3, 0.4) is 0 Å². The van der Waals surface area contributed by atoms with Gasteiger partial charge in [-0.15, -0.1) is 0 Å². The molecule has 1 rings (SSSR count). The van der Waals surface area contributed by atoms with Gasteiger partial charge in [0.1, 0.15) is 18.3 Å². The van der Waals surface area contributed by atoms with Crippen molar-refractivity contribution in [1.29, 1.82) is 0 Å². The van der Waals surface area contributed by atoms with E-state index in [1.54, 1.807) is 30.3 Å². The van der Waals surface area contributed by atoms with Crippen LogP contribution in [0.25, 0.3) is 0 Å². The lowest BCUT2D eigenvalue weighted by Gasteiger charge is -2.24. The Morgan fingerprint density at radius 2 is 1.91 bits per heavy atom. The van der Waals surface area contributed by atoms with Gasteiger partial charge < -0.3 is 14.8 Å². The molecule has 0 aliphatic carbocycles. The van der Waals surface area contributed by atoms with Crippen LogP contribution in [0.5, 0.6) is 0 Å². The summed E-state index contributed by atoms with van der Waals surface area (Å²) in [6, 6.07) is 7.82. The first-order valence-corrected chi connectivity index (χ1v) is 6.68. The average molecular weight is 305 g/mol. The summed E-state index contributed by atoms with van der Waals surface area (Å²) in [5.74, 6) is -2.28. The van der Waals surface area contributed by atoms with Crippen LogP contribution >= 0.6 is 0 Å². The van der Waals surface area contributed by atoms with E-state index in [0.717, 1.165) is 0 Å². The first-order valence-electron chi connectivity index (χ1n) is 6.68. The first kappa shape index (κ1) is 17.4. The van der Waals surface area contributed by atoms with Gasteiger partial charge in [-0.25, -0.2) is 4.79 Å². The molecule has 0 spiro atoms. The van der Waals surface area contributed by atoms with E-state index in [-0.39, 0.29) is 6.61 Å². The Labute approximate surface area is 129 Å². The van der Waals surface area contributed by atoms with E-state index >= 15 is 0 Å². The van der Waals surface area contributed by atoms with E-state index < -0.39 is 29.8 Å². The second kappa shape index (κ2) is 8.61. The average Bonchev–Trinajstić information content (AvgIpc) is 2.52. The molecule has 6 heteroatoms. The van der Waals surface area contributed by atoms with Crippen LogP contribution in [0.4, 0.5) is 4.79 Å². The number of hydrogen-bond acceptors (Lipinski definition) is 5. The van der Waals surface area contributed by atoms with E-state index in [0.29, 0.717) is 5.56 Å². The Kier molecular flexibility index (Phi) is 6.82. The molecule has 0 saturated heterocycles. The van der Waals surface area contributed by atoms with Crippen LogP contribution in [0.1, 0.15) is 18.5 Å². The molecular weight excluding hydrogens is 286 g/mol. The fourth-order valence-electron chi connectivity index (χ4n) is 1.99. The number of nitrogens with one attached hydrogen (secondary N) is 1. The summed E-state index contributed by atoms with van der Waals surface area (Å²) < 4.78 is 9.53. The van der Waals surface area contributed by atoms with E-state index in [1.807, 2.05) is 0 Å². The van der Waals surface area contributed by atoms with Crippen molar-refractivity contribution < 1.29 is 23.9 Å². The summed E-state index contributed by atoms with van der Waals surface area (Å²) in [5.41, 5.74) is 0.601. The largest absolute Gasteiger partial charge is 0.468 e. The van der Waals surface area contributed by atoms with Crippen LogP contribution in [-0.4, -0.2) is 31.6 Å². The Morgan fingerprint density at radius 1 is 1.27 bits per heavy atom. The first-order chi connectivity index (χ1) is 10.5. The van der Waals surface area contributed by atoms with Gasteiger partial charge in [0.25, 0.3) is 0 Å². The third kappa shape index (κ3) is 4.73. The molecular formula is C16H19NO5. The minimum Gasteiger partial charge on any atom is -0.468 e. The molecule has 1 aromatic carbocycles. The maximum absolute atomic E-state index is 11.9. The number of alkyl carbamates (subject to hydrolysis) is 1. The van der Waals surface area contributed by atoms with E-state index in [1.165, 1.54) is 20.1 Å². The number of rotatable bonds is 7. The van der Waals surface area contributed by atoms with Crippen LogP contribution in [0.15, 0.2) is 43.0 Å². The second-order valence-corrected chi connectivity index (χ2v) is 4.53. The summed E-state index contributed by atoms with van der Waals surface area (Å²) in [4.78, 5) is 35.5. The summed E-state index contributed by atoms with van der Waals surface area (Å²) in [6.07, 6.45) is 0.670. The molecule has 0 radical (unpaired) electrons. The molecule has 0 fully saturated rings. The number of carbonyl (C=O) groups is 3. The van der Waals surface area contributed by atoms with Crippen LogP contribution < -0.4 is 5.32 Å². The van der Waals surface area contributed by atoms with Gasteiger partial charge in [-0.05, 0) is 12.5 Å². The summed E-state index contributed by atoms with van der Waals surface area (Å²) in [6.45, 7) is 4.74. The van der Waals surface area contributed by atoms with Gasteiger partial charge in [0, 0.05) is 0 Å². The number of esters is 1. The van der Waals surface area contributed by atoms with Crippen molar-refractivity contribution in [3.8, 4) is 0 Å². The topological polar surface area (TPSA) is 81.7 Å². The van der Waals surface area contributed by atoms with Crippen molar-refractivity contribution in [3.05, 3.63) is 48.6 Å². The standard InChI is InChI=1S/C16H19NO5/c1-4-10-22-16(20)17-14(12-8-6-5-7-9-12)13(11(2)18)15(19)21-3/h4-9,13-14H,1,10H2,2-3H3,(H,17,20)/t13?,14-/m1/s1. The van der Waals surface area contributed by atoms with Gasteiger partial charge >= 0.3 is 12.1 Å². The smallest absolute Gasteiger partial charge is 0.407 e. The number of ketones is 1. The molecule has 1 aromatic rings. The van der Waals surface area contributed by atoms with Crippen molar-refractivity contribution in [3.63, 3.8) is 0 Å². The van der Waals surface area contributed by atoms with Crippen molar-refractivity contribution in [2.24, 2.45) is 5.92 Å². The molecule has 0 saturated carbocycles. The number of carbonyl (C=O) groups excluding carboxylic acids is 3. The third-order valence-corrected chi connectivity index (χ3v) is 2.99. The van der Waals surface area contributed by atoms with Gasteiger partial charge in [0.15, 0.2) is 0 Å². The van der Waals surface area contributed by atoms with Crippen molar-refractivity contribution >= 4 is 17.8 Å². The maximum atomic E-state index is 11.9. The Morgan fingerprint density at radius 3 is 2.41 bits per heavy atom. The molecule has 0 aliphatic rings. The summed E-state index contributed by atoms with van der Waals surface area (Å²) in [7, 11) is 1.19. The highest BCUT2D eigenvalue weighted by molar-refractivity contribution is 5.99. The molecule has 0 aliphatic heterocycles. The quantitative estimate of drug-likeness (QED) is 0.473. The number of benzene rings is 1. The Hall–Kier alpha value is -2.63. The highest BCUT2D eigenvalue weighted by Crippen LogP contribution is 2.24. The molecule has 0 heterocycles. The molecule has 1 unspecified atom stereocenters. The number of methoxy groups -OCH3 is 1. The van der Waals surface area contributed by atoms with Crippen LogP contribution in [0.2, 0.25) is 0 Å². The predicted octanol–water partition coefficient (Wildman–Crippen LogP) is 2.02. The van der Waals surface area contributed by atoms with E-state index in [4.69, 9.17) is 4.74 Å². The van der Waals surface area contributed by atoms with Crippen molar-refractivity contribution in [1.82, 2.24) is 5.32 Å². The van der Waals surface area contributed by atoms with Gasteiger partial charge in [0.05, 0.1) is 13.2 Å². The molecule has 6 nitrogen and oxygen atoms in total. The number of Topliss-reactive ketones (excluding diaryl/α,β-unsaturated/α-hetero) is 1. The van der Waals surface area contributed by atoms with Gasteiger partial charge in [-0.3, -0.25) is 9.59 Å². The monoisotopic (exact) mass is 305 g/mol. The lowest BCUT2D eigenvalue weighted by molar-refractivity contribution is -0.150. The number of amides is 1. The molecule has 0 aromatic heterocycles. The zero-order valence-corrected chi connectivity index (χ0v) is 12.6. The number of hydrogen-bond donors (Lipinski definition) is 1. The Balaban J connectivity index is 3.09. The fourth-order valence-corrected chi connectivity index (χ4v) is 1.99. The van der Waals surface area contributed by atoms with E-state index in [2.05, 4.69) is 16.6 Å². The van der Waals surface area contributed by atoms with Gasteiger partial charge in [-0.2, -0.15) is 0 Å². The van der Waals surface area contributed by atoms with Crippen LogP contribution in [-0.2, 0) is 19.1 Å². The van der Waals surface area contributed by atoms with E-state index in [9.17, 15) is 14.4 Å². The highest BCUT2D eigenvalue weighted by Gasteiger charge is 2.35. The summed E-state index contributed by atoms with van der Waals surface area (Å²) in [5, 5.41) is 2.53. The van der Waals surface area contributed by atoms with Gasteiger partial charge in [0.2, 0.25) is 0 Å². The van der Waals surface area contributed by atoms with Crippen molar-refractivity contribution in [2.75, 3.05) is 13.7 Å². The second-order valence-electron chi connectivity index (χ2n) is 4.53. The molecule has 1 amide bonds. The highest BCUT2D eigenvalue weighted by atomic mass is 16.5. The lowest BCUT2D eigenvalue weighted by Crippen LogP contribution is -2.40. The molecule has 2 atom stereocenters. The Bertz CT molecular complexity index is 541. The summed E-state index contributed by atoms with van der Waals surface area (Å²) >= 11 is 0. The molecule has 1 N–H and O–H groups in total. The van der Waals surface area contributed by atoms with Crippen molar-refractivity contribution in [2.45, 2.75) is 13.0 Å². The molecule has 22 heavy (non-hydrogen) atoms. The predicted molar refractivity (Wildman–Crippen MR) is 80.1 cm³/mol. The molecule has 118 valence electrons. The minimum absolute atomic E-state index is 0.0241. The number of ether oxygens (including phenoxy) is 2. The SMILES string of the molecule is C=CCOC(=O)N[C@H](c1ccccc1)C(C(C)=O)C(=O)OC. The molecule has 0 bridgehead atoms. The van der Waals surface area contributed by atoms with Gasteiger partial charge in [-0.1, -0.05) is 43.0 Å². The zero-order valence-electron chi connectivity index (χ0n) is 12.6. The maximum Gasteiger partial charge on any atom is 0.407 e. The third-order valence-electron chi connectivity index (χ3n) is 2.99. The van der Waals surface area contributed by atoms with Crippen LogP contribution in [0, 0.1) is 5.92 Å². The minimum atomic E-state index is -1.15. The fraction of sp³-hybridized carbons (Fsp3) is 0.312. The zero-order chi connectivity index (χ0) is 16.5. The lowest BCUT2D eigenvalue weighted by atomic mass is 9.90.